The molecular formula is C11H21ClN2S. The molecular weight excluding hydrogens is 228 g/mol. The molecule has 0 aliphatic carbocycles. The molecule has 4 heteroatoms. The minimum Gasteiger partial charge on any atom is -0.327 e. The second kappa shape index (κ2) is 8.11. The number of nitrogens with zero attached hydrogens (tertiary/aromatic N) is 1. The van der Waals surface area contributed by atoms with Crippen molar-refractivity contribution in [2.45, 2.75) is 26.3 Å². The van der Waals surface area contributed by atoms with E-state index in [0.717, 1.165) is 26.1 Å². The summed E-state index contributed by atoms with van der Waals surface area (Å²) in [6, 6.07) is 4.59. The number of hydrogen-bond acceptors (Lipinski definition) is 3. The predicted octanol–water partition coefficient (Wildman–Crippen LogP) is 2.38. The van der Waals surface area contributed by atoms with Gasteiger partial charge in [0.15, 0.2) is 0 Å². The summed E-state index contributed by atoms with van der Waals surface area (Å²) in [5.41, 5.74) is 5.78. The second-order valence-electron chi connectivity index (χ2n) is 3.70. The van der Waals surface area contributed by atoms with Crippen molar-refractivity contribution in [3.63, 3.8) is 0 Å². The van der Waals surface area contributed by atoms with Crippen LogP contribution in [0, 0.1) is 0 Å². The Hall–Kier alpha value is -0.0900. The van der Waals surface area contributed by atoms with Gasteiger partial charge in [-0.3, -0.25) is 0 Å². The average Bonchev–Trinajstić information content (AvgIpc) is 2.64. The van der Waals surface area contributed by atoms with Crippen LogP contribution in [0.1, 0.15) is 18.7 Å². The van der Waals surface area contributed by atoms with E-state index < -0.39 is 0 Å². The van der Waals surface area contributed by atoms with E-state index in [1.165, 1.54) is 4.88 Å². The highest BCUT2D eigenvalue weighted by Gasteiger charge is 2.05. The third-order valence-corrected chi connectivity index (χ3v) is 3.18. The van der Waals surface area contributed by atoms with Gasteiger partial charge in [0, 0.05) is 24.0 Å². The summed E-state index contributed by atoms with van der Waals surface area (Å²) in [6.45, 7) is 7.47. The lowest BCUT2D eigenvalue weighted by Crippen LogP contribution is -2.36. The first-order valence-corrected chi connectivity index (χ1v) is 6.10. The van der Waals surface area contributed by atoms with Crippen LogP contribution in [-0.4, -0.2) is 30.6 Å². The monoisotopic (exact) mass is 248 g/mol. The molecule has 1 rings (SSSR count). The fourth-order valence-electron chi connectivity index (χ4n) is 1.51. The van der Waals surface area contributed by atoms with E-state index in [-0.39, 0.29) is 18.4 Å². The maximum atomic E-state index is 5.78. The lowest BCUT2D eigenvalue weighted by molar-refractivity contribution is 0.278. The van der Waals surface area contributed by atoms with Crippen LogP contribution in [0.3, 0.4) is 0 Å². The summed E-state index contributed by atoms with van der Waals surface area (Å²) in [6.07, 6.45) is 1.15. The van der Waals surface area contributed by atoms with Crippen LogP contribution in [0.15, 0.2) is 17.5 Å². The van der Waals surface area contributed by atoms with Gasteiger partial charge in [-0.05, 0) is 31.3 Å². The average molecular weight is 249 g/mol. The second-order valence-corrected chi connectivity index (χ2v) is 4.73. The van der Waals surface area contributed by atoms with Crippen molar-refractivity contribution in [3.8, 4) is 0 Å². The van der Waals surface area contributed by atoms with Crippen LogP contribution < -0.4 is 5.73 Å². The standard InChI is InChI=1S/C11H20N2S.ClH/c1-3-13(9-10(2)12)7-6-11-5-4-8-14-11;/h4-5,8,10H,3,6-7,9,12H2,1-2H3;1H. The number of nitrogens with two attached hydrogens (primary N) is 1. The molecule has 1 aromatic heterocycles. The van der Waals surface area contributed by atoms with Gasteiger partial charge in [0.1, 0.15) is 0 Å². The van der Waals surface area contributed by atoms with Crippen LogP contribution in [-0.2, 0) is 6.42 Å². The lowest BCUT2D eigenvalue weighted by Gasteiger charge is -2.21. The van der Waals surface area contributed by atoms with Gasteiger partial charge in [0.25, 0.3) is 0 Å². The molecule has 2 N–H and O–H groups in total. The first-order valence-electron chi connectivity index (χ1n) is 5.22. The largest absolute Gasteiger partial charge is 0.327 e. The molecule has 1 aromatic rings. The number of halogens is 1. The Bertz CT molecular complexity index is 237. The Morgan fingerprint density at radius 1 is 1.53 bits per heavy atom. The molecule has 0 radical (unpaired) electrons. The van der Waals surface area contributed by atoms with Crippen LogP contribution in [0.5, 0.6) is 0 Å². The smallest absolute Gasteiger partial charge is 0.0139 e. The fraction of sp³-hybridized carbons (Fsp3) is 0.636. The number of rotatable bonds is 6. The molecule has 88 valence electrons. The third-order valence-electron chi connectivity index (χ3n) is 2.25. The zero-order chi connectivity index (χ0) is 10.4. The minimum absolute atomic E-state index is 0. The zero-order valence-corrected chi connectivity index (χ0v) is 11.1. The van der Waals surface area contributed by atoms with E-state index in [0.29, 0.717) is 0 Å². The quantitative estimate of drug-likeness (QED) is 0.838. The van der Waals surface area contributed by atoms with Crippen LogP contribution >= 0.6 is 23.7 Å². The minimum atomic E-state index is 0. The van der Waals surface area contributed by atoms with Gasteiger partial charge in [-0.15, -0.1) is 23.7 Å². The highest BCUT2D eigenvalue weighted by atomic mass is 35.5. The summed E-state index contributed by atoms with van der Waals surface area (Å²) in [4.78, 5) is 3.87. The molecule has 0 bridgehead atoms. The molecule has 0 saturated heterocycles. The van der Waals surface area contributed by atoms with Crippen molar-refractivity contribution in [3.05, 3.63) is 22.4 Å². The van der Waals surface area contributed by atoms with Gasteiger partial charge < -0.3 is 10.6 Å². The van der Waals surface area contributed by atoms with Crippen LogP contribution in [0.4, 0.5) is 0 Å². The van der Waals surface area contributed by atoms with Gasteiger partial charge in [-0.1, -0.05) is 13.0 Å². The highest BCUT2D eigenvalue weighted by Crippen LogP contribution is 2.09. The topological polar surface area (TPSA) is 29.3 Å². The molecule has 15 heavy (non-hydrogen) atoms. The van der Waals surface area contributed by atoms with Crippen LogP contribution in [0.25, 0.3) is 0 Å². The maximum absolute atomic E-state index is 5.78. The maximum Gasteiger partial charge on any atom is 0.0139 e. The molecule has 0 aliphatic rings. The normalized spacial score (nSPS) is 12.5. The predicted molar refractivity (Wildman–Crippen MR) is 71.0 cm³/mol. The Morgan fingerprint density at radius 2 is 2.27 bits per heavy atom. The van der Waals surface area contributed by atoms with Gasteiger partial charge >= 0.3 is 0 Å². The molecule has 0 saturated carbocycles. The fourth-order valence-corrected chi connectivity index (χ4v) is 2.21. The van der Waals surface area contributed by atoms with E-state index in [9.17, 15) is 0 Å². The molecule has 1 heterocycles. The van der Waals surface area contributed by atoms with Crippen molar-refractivity contribution >= 4 is 23.7 Å². The van der Waals surface area contributed by atoms with E-state index in [2.05, 4.69) is 36.3 Å². The van der Waals surface area contributed by atoms with Gasteiger partial charge in [-0.2, -0.15) is 0 Å². The van der Waals surface area contributed by atoms with Gasteiger partial charge in [-0.25, -0.2) is 0 Å². The van der Waals surface area contributed by atoms with E-state index in [1.54, 1.807) is 0 Å². The Labute approximate surface area is 103 Å². The Balaban J connectivity index is 0.00000196. The van der Waals surface area contributed by atoms with E-state index in [4.69, 9.17) is 5.73 Å². The lowest BCUT2D eigenvalue weighted by atomic mass is 10.3. The van der Waals surface area contributed by atoms with Crippen molar-refractivity contribution in [1.82, 2.24) is 4.90 Å². The highest BCUT2D eigenvalue weighted by molar-refractivity contribution is 7.09. The van der Waals surface area contributed by atoms with Crippen molar-refractivity contribution in [1.29, 1.82) is 0 Å². The van der Waals surface area contributed by atoms with Gasteiger partial charge in [0.05, 0.1) is 0 Å². The van der Waals surface area contributed by atoms with Crippen LogP contribution in [0.2, 0.25) is 0 Å². The molecule has 1 atom stereocenters. The summed E-state index contributed by atoms with van der Waals surface area (Å²) >= 11 is 1.84. The third kappa shape index (κ3) is 6.15. The molecule has 2 nitrogen and oxygen atoms in total. The van der Waals surface area contributed by atoms with Crippen molar-refractivity contribution < 1.29 is 0 Å². The molecule has 0 fully saturated rings. The number of thiophene rings is 1. The molecule has 0 spiro atoms. The molecule has 0 aromatic carbocycles. The Kier molecular flexibility index (Phi) is 8.06. The SMILES string of the molecule is CCN(CCc1cccs1)CC(C)N.Cl. The van der Waals surface area contributed by atoms with Gasteiger partial charge in [0.2, 0.25) is 0 Å². The number of likely N-dealkylation sites (N-methyl/N-ethyl adjacent to an activating group) is 1. The molecule has 1 unspecified atom stereocenters. The summed E-state index contributed by atoms with van der Waals surface area (Å²) in [5, 5.41) is 2.14. The number of hydrogen-bond donors (Lipinski definition) is 1. The van der Waals surface area contributed by atoms with Crippen molar-refractivity contribution in [2.24, 2.45) is 5.73 Å². The first kappa shape index (κ1) is 14.9. The Morgan fingerprint density at radius 3 is 2.73 bits per heavy atom. The zero-order valence-electron chi connectivity index (χ0n) is 9.48. The summed E-state index contributed by atoms with van der Waals surface area (Å²) in [5.74, 6) is 0. The van der Waals surface area contributed by atoms with E-state index >= 15 is 0 Å². The van der Waals surface area contributed by atoms with E-state index in [1.807, 2.05) is 11.3 Å². The molecule has 0 amide bonds. The first-order chi connectivity index (χ1) is 6.72. The van der Waals surface area contributed by atoms with Crippen molar-refractivity contribution in [2.75, 3.05) is 19.6 Å². The molecule has 0 aliphatic heterocycles. The summed E-state index contributed by atoms with van der Waals surface area (Å²) < 4.78 is 0. The summed E-state index contributed by atoms with van der Waals surface area (Å²) in [7, 11) is 0.